The Hall–Kier alpha value is -3.20. The van der Waals surface area contributed by atoms with Crippen molar-refractivity contribution < 1.29 is 14.3 Å². The molecule has 29 heavy (non-hydrogen) atoms. The number of Topliss-reactive ketones (excluding diaryl/α,β-unsaturated/α-hetero) is 2. The van der Waals surface area contributed by atoms with Gasteiger partial charge in [0, 0.05) is 29.4 Å². The number of carbonyl (C=O) groups is 2. The molecule has 0 aromatic heterocycles. The van der Waals surface area contributed by atoms with Crippen LogP contribution in [0, 0.1) is 5.92 Å². The van der Waals surface area contributed by atoms with Crippen LogP contribution in [-0.4, -0.2) is 18.7 Å². The first-order valence-electron chi connectivity index (χ1n) is 10.0. The first kappa shape index (κ1) is 19.1. The summed E-state index contributed by atoms with van der Waals surface area (Å²) in [6.45, 7) is 0. The fraction of sp³-hybridized carbons (Fsp3) is 0.231. The fourth-order valence-electron chi connectivity index (χ4n) is 4.29. The summed E-state index contributed by atoms with van der Waals surface area (Å²) in [7, 11) is 1.61. The molecule has 3 aromatic carbocycles. The molecule has 0 heterocycles. The summed E-state index contributed by atoms with van der Waals surface area (Å²) in [6, 6.07) is 25.0. The molecule has 3 aromatic rings. The number of hydrogen-bond donors (Lipinski definition) is 0. The van der Waals surface area contributed by atoms with Crippen molar-refractivity contribution in [3.8, 4) is 5.75 Å². The summed E-state index contributed by atoms with van der Waals surface area (Å²) >= 11 is 0. The van der Waals surface area contributed by atoms with Crippen LogP contribution in [0.4, 0.5) is 0 Å². The van der Waals surface area contributed by atoms with Gasteiger partial charge in [0.25, 0.3) is 0 Å². The lowest BCUT2D eigenvalue weighted by Crippen LogP contribution is -2.29. The Morgan fingerprint density at radius 1 is 0.966 bits per heavy atom. The Kier molecular flexibility index (Phi) is 5.57. The van der Waals surface area contributed by atoms with E-state index in [1.165, 1.54) is 0 Å². The van der Waals surface area contributed by atoms with Gasteiger partial charge in [-0.15, -0.1) is 0 Å². The average Bonchev–Trinajstić information content (AvgIpc) is 2.79. The predicted molar refractivity (Wildman–Crippen MR) is 114 cm³/mol. The second-order valence-corrected chi connectivity index (χ2v) is 7.54. The molecule has 0 amide bonds. The van der Waals surface area contributed by atoms with Gasteiger partial charge in [-0.1, -0.05) is 54.6 Å². The molecule has 3 nitrogen and oxygen atoms in total. The van der Waals surface area contributed by atoms with Crippen molar-refractivity contribution in [1.82, 2.24) is 0 Å². The molecule has 1 aliphatic carbocycles. The minimum atomic E-state index is -0.186. The van der Waals surface area contributed by atoms with Gasteiger partial charge >= 0.3 is 0 Å². The standard InChI is InChI=1S/C26H24O3/c1-29-21-14-11-20(12-15-21)25(27)17-24(18-7-3-2-4-8-18)23-16-13-19-9-5-6-10-22(19)26(23)28/h2-12,14-15,23-24H,13,16-17H2,1H3. The van der Waals surface area contributed by atoms with E-state index in [9.17, 15) is 9.59 Å². The number of ether oxygens (including phenoxy) is 1. The molecule has 0 saturated carbocycles. The van der Waals surface area contributed by atoms with Gasteiger partial charge in [0.05, 0.1) is 7.11 Å². The number of ketones is 2. The van der Waals surface area contributed by atoms with Gasteiger partial charge in [-0.05, 0) is 48.2 Å². The van der Waals surface area contributed by atoms with Gasteiger partial charge in [-0.25, -0.2) is 0 Å². The summed E-state index contributed by atoms with van der Waals surface area (Å²) in [5, 5.41) is 0. The van der Waals surface area contributed by atoms with E-state index in [2.05, 4.69) is 0 Å². The summed E-state index contributed by atoms with van der Waals surface area (Å²) < 4.78 is 5.19. The SMILES string of the molecule is COc1ccc(C(=O)CC(c2ccccc2)C2CCc3ccccc3C2=O)cc1. The van der Waals surface area contributed by atoms with Gasteiger partial charge in [-0.3, -0.25) is 9.59 Å². The van der Waals surface area contributed by atoms with Crippen LogP contribution in [0.15, 0.2) is 78.9 Å². The molecular weight excluding hydrogens is 360 g/mol. The molecule has 0 N–H and O–H groups in total. The third-order valence-electron chi connectivity index (χ3n) is 5.88. The maximum atomic E-state index is 13.3. The van der Waals surface area contributed by atoms with Crippen LogP contribution in [0.5, 0.6) is 5.75 Å². The maximum Gasteiger partial charge on any atom is 0.166 e. The highest BCUT2D eigenvalue weighted by molar-refractivity contribution is 6.02. The number of fused-ring (bicyclic) bond motifs is 1. The van der Waals surface area contributed by atoms with E-state index in [-0.39, 0.29) is 23.4 Å². The first-order valence-corrected chi connectivity index (χ1v) is 10.0. The normalized spacial score (nSPS) is 16.7. The minimum absolute atomic E-state index is 0.0492. The molecule has 2 atom stereocenters. The third-order valence-corrected chi connectivity index (χ3v) is 5.88. The van der Waals surface area contributed by atoms with Crippen molar-refractivity contribution in [3.05, 3.63) is 101 Å². The monoisotopic (exact) mass is 384 g/mol. The maximum absolute atomic E-state index is 13.3. The number of carbonyl (C=O) groups excluding carboxylic acids is 2. The van der Waals surface area contributed by atoms with Gasteiger partial charge in [-0.2, -0.15) is 0 Å². The zero-order valence-corrected chi connectivity index (χ0v) is 16.5. The van der Waals surface area contributed by atoms with Crippen molar-refractivity contribution in [1.29, 1.82) is 0 Å². The Balaban J connectivity index is 1.64. The highest BCUT2D eigenvalue weighted by atomic mass is 16.5. The molecule has 0 spiro atoms. The van der Waals surface area contributed by atoms with Crippen molar-refractivity contribution in [3.63, 3.8) is 0 Å². The smallest absolute Gasteiger partial charge is 0.166 e. The van der Waals surface area contributed by atoms with Crippen LogP contribution in [0.2, 0.25) is 0 Å². The molecule has 3 heteroatoms. The average molecular weight is 384 g/mol. The number of rotatable bonds is 6. The lowest BCUT2D eigenvalue weighted by Gasteiger charge is -2.30. The summed E-state index contributed by atoms with van der Waals surface area (Å²) in [6.07, 6.45) is 1.95. The number of benzene rings is 3. The van der Waals surface area contributed by atoms with Crippen LogP contribution in [0.1, 0.15) is 50.6 Å². The van der Waals surface area contributed by atoms with E-state index in [1.807, 2.05) is 54.6 Å². The summed E-state index contributed by atoms with van der Waals surface area (Å²) in [4.78, 5) is 26.4. The lowest BCUT2D eigenvalue weighted by molar-refractivity contribution is 0.0857. The van der Waals surface area contributed by atoms with E-state index in [0.717, 1.165) is 35.3 Å². The van der Waals surface area contributed by atoms with Crippen molar-refractivity contribution in [2.75, 3.05) is 7.11 Å². The van der Waals surface area contributed by atoms with Gasteiger partial charge in [0.1, 0.15) is 5.75 Å². The highest BCUT2D eigenvalue weighted by Crippen LogP contribution is 2.38. The van der Waals surface area contributed by atoms with Gasteiger partial charge < -0.3 is 4.74 Å². The van der Waals surface area contributed by atoms with E-state index >= 15 is 0 Å². The highest BCUT2D eigenvalue weighted by Gasteiger charge is 2.35. The molecule has 0 radical (unpaired) electrons. The zero-order chi connectivity index (χ0) is 20.2. The molecule has 1 aliphatic rings. The Morgan fingerprint density at radius 3 is 2.38 bits per heavy atom. The number of methoxy groups -OCH3 is 1. The lowest BCUT2D eigenvalue weighted by atomic mass is 9.71. The van der Waals surface area contributed by atoms with Crippen LogP contribution in [0.3, 0.4) is 0 Å². The van der Waals surface area contributed by atoms with E-state index < -0.39 is 0 Å². The molecule has 0 fully saturated rings. The molecule has 0 bridgehead atoms. The quantitative estimate of drug-likeness (QED) is 0.527. The van der Waals surface area contributed by atoms with E-state index in [4.69, 9.17) is 4.74 Å². The summed E-state index contributed by atoms with van der Waals surface area (Å²) in [5.41, 5.74) is 3.62. The molecule has 2 unspecified atom stereocenters. The second kappa shape index (κ2) is 8.44. The van der Waals surface area contributed by atoms with Crippen LogP contribution >= 0.6 is 0 Å². The van der Waals surface area contributed by atoms with Gasteiger partial charge in [0.2, 0.25) is 0 Å². The molecular formula is C26H24O3. The largest absolute Gasteiger partial charge is 0.497 e. The van der Waals surface area contributed by atoms with Crippen LogP contribution in [-0.2, 0) is 6.42 Å². The van der Waals surface area contributed by atoms with Crippen molar-refractivity contribution in [2.45, 2.75) is 25.2 Å². The first-order chi connectivity index (χ1) is 14.2. The predicted octanol–water partition coefficient (Wildman–Crippen LogP) is 5.50. The van der Waals surface area contributed by atoms with E-state index in [0.29, 0.717) is 12.0 Å². The third kappa shape index (κ3) is 4.00. The Bertz CT molecular complexity index is 1010. The van der Waals surface area contributed by atoms with Crippen molar-refractivity contribution in [2.24, 2.45) is 5.92 Å². The van der Waals surface area contributed by atoms with Crippen LogP contribution < -0.4 is 4.74 Å². The number of aryl methyl sites for hydroxylation is 1. The van der Waals surface area contributed by atoms with E-state index in [1.54, 1.807) is 31.4 Å². The molecule has 0 aliphatic heterocycles. The Morgan fingerprint density at radius 2 is 1.66 bits per heavy atom. The van der Waals surface area contributed by atoms with Crippen LogP contribution in [0.25, 0.3) is 0 Å². The molecule has 146 valence electrons. The summed E-state index contributed by atoms with van der Waals surface area (Å²) in [5.74, 6) is 0.609. The van der Waals surface area contributed by atoms with Gasteiger partial charge in [0.15, 0.2) is 11.6 Å². The molecule has 4 rings (SSSR count). The van der Waals surface area contributed by atoms with Crippen molar-refractivity contribution >= 4 is 11.6 Å². The number of hydrogen-bond acceptors (Lipinski definition) is 3. The second-order valence-electron chi connectivity index (χ2n) is 7.54. The zero-order valence-electron chi connectivity index (χ0n) is 16.5. The fourth-order valence-corrected chi connectivity index (χ4v) is 4.29. The minimum Gasteiger partial charge on any atom is -0.497 e. The molecule has 0 saturated heterocycles. The topological polar surface area (TPSA) is 43.4 Å². The Labute approximate surface area is 171 Å².